The zero-order valence-electron chi connectivity index (χ0n) is 6.58. The van der Waals surface area contributed by atoms with Crippen LogP contribution in [-0.2, 0) is 6.54 Å². The van der Waals surface area contributed by atoms with Gasteiger partial charge in [-0.25, -0.2) is 4.98 Å². The normalized spacial score (nSPS) is 17.6. The minimum Gasteiger partial charge on any atom is -0.331 e. The van der Waals surface area contributed by atoms with E-state index in [2.05, 4.69) is 16.1 Å². The fourth-order valence-corrected chi connectivity index (χ4v) is 1.54. The van der Waals surface area contributed by atoms with Gasteiger partial charge in [0.15, 0.2) is 0 Å². The van der Waals surface area contributed by atoms with Gasteiger partial charge in [-0.1, -0.05) is 6.58 Å². The highest BCUT2D eigenvalue weighted by molar-refractivity contribution is 5.57. The Hall–Kier alpha value is -1.05. The monoisotopic (exact) mass is 148 g/mol. The van der Waals surface area contributed by atoms with Gasteiger partial charge in [0, 0.05) is 18.9 Å². The first kappa shape index (κ1) is 6.65. The smallest absolute Gasteiger partial charge is 0.135 e. The second-order valence-electron chi connectivity index (χ2n) is 3.00. The summed E-state index contributed by atoms with van der Waals surface area (Å²) in [6, 6.07) is 0. The summed E-state index contributed by atoms with van der Waals surface area (Å²) in [5, 5.41) is 0. The average Bonchev–Trinajstić information content (AvgIpc) is 2.40. The number of aryl methyl sites for hydroxylation is 1. The van der Waals surface area contributed by atoms with Gasteiger partial charge >= 0.3 is 0 Å². The van der Waals surface area contributed by atoms with E-state index >= 15 is 0 Å². The maximum absolute atomic E-state index is 4.26. The molecule has 0 saturated carbocycles. The lowest BCUT2D eigenvalue weighted by Gasteiger charge is -2.01. The van der Waals surface area contributed by atoms with Crippen molar-refractivity contribution in [3.8, 4) is 0 Å². The number of rotatable bonds is 0. The van der Waals surface area contributed by atoms with E-state index in [4.69, 9.17) is 0 Å². The van der Waals surface area contributed by atoms with Crippen molar-refractivity contribution in [3.63, 3.8) is 0 Å². The van der Waals surface area contributed by atoms with E-state index in [9.17, 15) is 0 Å². The number of hydrogen-bond donors (Lipinski definition) is 0. The fourth-order valence-electron chi connectivity index (χ4n) is 1.54. The summed E-state index contributed by atoms with van der Waals surface area (Å²) in [5.41, 5.74) is 1.19. The third kappa shape index (κ3) is 1.09. The predicted molar refractivity (Wildman–Crippen MR) is 45.1 cm³/mol. The molecule has 0 amide bonds. The number of hydrogen-bond acceptors (Lipinski definition) is 1. The van der Waals surface area contributed by atoms with Gasteiger partial charge in [-0.15, -0.1) is 0 Å². The van der Waals surface area contributed by atoms with E-state index in [1.165, 1.54) is 18.4 Å². The summed E-state index contributed by atoms with van der Waals surface area (Å²) in [4.78, 5) is 4.26. The van der Waals surface area contributed by atoms with Crippen molar-refractivity contribution in [2.75, 3.05) is 0 Å². The third-order valence-corrected chi connectivity index (χ3v) is 2.16. The van der Waals surface area contributed by atoms with Gasteiger partial charge in [-0.05, 0) is 24.8 Å². The van der Waals surface area contributed by atoms with Crippen LogP contribution in [0.4, 0.5) is 0 Å². The van der Waals surface area contributed by atoms with Crippen molar-refractivity contribution in [2.24, 2.45) is 0 Å². The zero-order chi connectivity index (χ0) is 7.68. The summed E-state index contributed by atoms with van der Waals surface area (Å²) in [6.45, 7) is 5.11. The van der Waals surface area contributed by atoms with Crippen molar-refractivity contribution in [1.29, 1.82) is 0 Å². The second-order valence-corrected chi connectivity index (χ2v) is 3.00. The molecule has 0 aromatic carbocycles. The summed E-state index contributed by atoms with van der Waals surface area (Å²) < 4.78 is 2.19. The van der Waals surface area contributed by atoms with Crippen LogP contribution >= 0.6 is 0 Å². The van der Waals surface area contributed by atoms with Gasteiger partial charge in [-0.2, -0.15) is 0 Å². The van der Waals surface area contributed by atoms with Crippen LogP contribution in [0.3, 0.4) is 0 Å². The van der Waals surface area contributed by atoms with Gasteiger partial charge in [-0.3, -0.25) is 0 Å². The van der Waals surface area contributed by atoms with Crippen LogP contribution in [0, 0.1) is 0 Å². The van der Waals surface area contributed by atoms with Crippen LogP contribution in [-0.4, -0.2) is 9.55 Å². The Morgan fingerprint density at radius 2 is 2.36 bits per heavy atom. The molecule has 1 aliphatic heterocycles. The summed E-state index contributed by atoms with van der Waals surface area (Å²) in [6.07, 6.45) is 7.50. The Morgan fingerprint density at radius 1 is 1.45 bits per heavy atom. The van der Waals surface area contributed by atoms with E-state index in [0.717, 1.165) is 18.8 Å². The van der Waals surface area contributed by atoms with Crippen LogP contribution in [0.5, 0.6) is 0 Å². The minimum absolute atomic E-state index is 1.09. The number of allylic oxidation sites excluding steroid dienone is 1. The molecule has 0 aliphatic carbocycles. The zero-order valence-corrected chi connectivity index (χ0v) is 6.58. The fraction of sp³-hybridized carbons (Fsp3) is 0.444. The van der Waals surface area contributed by atoms with Gasteiger partial charge in [0.2, 0.25) is 0 Å². The van der Waals surface area contributed by atoms with Crippen molar-refractivity contribution >= 4 is 5.57 Å². The van der Waals surface area contributed by atoms with Gasteiger partial charge in [0.1, 0.15) is 5.82 Å². The molecule has 0 radical (unpaired) electrons. The average molecular weight is 148 g/mol. The molecule has 0 bridgehead atoms. The molecular weight excluding hydrogens is 136 g/mol. The summed E-state index contributed by atoms with van der Waals surface area (Å²) in [5.74, 6) is 1.09. The second kappa shape index (κ2) is 2.53. The quantitative estimate of drug-likeness (QED) is 0.550. The molecule has 2 heterocycles. The number of fused-ring (bicyclic) bond motifs is 1. The maximum Gasteiger partial charge on any atom is 0.135 e. The first-order valence-corrected chi connectivity index (χ1v) is 4.07. The van der Waals surface area contributed by atoms with Crippen LogP contribution in [0.15, 0.2) is 19.0 Å². The van der Waals surface area contributed by atoms with Gasteiger partial charge < -0.3 is 4.57 Å². The Bertz CT molecular complexity index is 273. The predicted octanol–water partition coefficient (Wildman–Crippen LogP) is 2.08. The molecule has 0 spiro atoms. The summed E-state index contributed by atoms with van der Waals surface area (Å²) in [7, 11) is 0. The standard InChI is InChI=1S/C9H12N2/c1-8-4-2-3-6-11-7-5-10-9(8)11/h5,7H,1-4,6H2. The molecule has 1 aromatic rings. The molecule has 2 heteroatoms. The van der Waals surface area contributed by atoms with Gasteiger partial charge in [0.05, 0.1) is 0 Å². The van der Waals surface area contributed by atoms with Gasteiger partial charge in [0.25, 0.3) is 0 Å². The largest absolute Gasteiger partial charge is 0.331 e. The lowest BCUT2D eigenvalue weighted by molar-refractivity contribution is 0.636. The Kier molecular flexibility index (Phi) is 1.53. The lowest BCUT2D eigenvalue weighted by atomic mass is 10.1. The highest BCUT2D eigenvalue weighted by atomic mass is 15.1. The van der Waals surface area contributed by atoms with Crippen LogP contribution in [0.2, 0.25) is 0 Å². The minimum atomic E-state index is 1.09. The first-order valence-electron chi connectivity index (χ1n) is 4.07. The topological polar surface area (TPSA) is 17.8 Å². The van der Waals surface area contributed by atoms with Crippen molar-refractivity contribution in [1.82, 2.24) is 9.55 Å². The van der Waals surface area contributed by atoms with E-state index in [1.54, 1.807) is 0 Å². The van der Waals surface area contributed by atoms with Crippen molar-refractivity contribution in [2.45, 2.75) is 25.8 Å². The van der Waals surface area contributed by atoms with Crippen LogP contribution in [0.25, 0.3) is 5.57 Å². The Labute approximate surface area is 66.6 Å². The summed E-state index contributed by atoms with van der Waals surface area (Å²) >= 11 is 0. The van der Waals surface area contributed by atoms with Crippen LogP contribution in [0.1, 0.15) is 25.1 Å². The molecule has 2 rings (SSSR count). The van der Waals surface area contributed by atoms with E-state index < -0.39 is 0 Å². The van der Waals surface area contributed by atoms with Crippen molar-refractivity contribution in [3.05, 3.63) is 24.8 Å². The molecule has 0 N–H and O–H groups in total. The lowest BCUT2D eigenvalue weighted by Crippen LogP contribution is -1.97. The first-order chi connectivity index (χ1) is 5.38. The number of nitrogens with zero attached hydrogens (tertiary/aromatic N) is 2. The Morgan fingerprint density at radius 3 is 3.27 bits per heavy atom. The van der Waals surface area contributed by atoms with E-state index in [0.29, 0.717) is 0 Å². The Balaban J connectivity index is 2.41. The SMILES string of the molecule is C=C1CCCCn2ccnc21. The molecule has 1 aromatic heterocycles. The molecule has 0 unspecified atom stereocenters. The highest BCUT2D eigenvalue weighted by Gasteiger charge is 2.09. The molecule has 2 nitrogen and oxygen atoms in total. The van der Waals surface area contributed by atoms with E-state index in [1.807, 2.05) is 12.4 Å². The van der Waals surface area contributed by atoms with E-state index in [-0.39, 0.29) is 0 Å². The molecule has 0 fully saturated rings. The highest BCUT2D eigenvalue weighted by Crippen LogP contribution is 2.21. The maximum atomic E-state index is 4.26. The number of aromatic nitrogens is 2. The van der Waals surface area contributed by atoms with Crippen LogP contribution < -0.4 is 0 Å². The molecule has 0 atom stereocenters. The van der Waals surface area contributed by atoms with Crippen molar-refractivity contribution < 1.29 is 0 Å². The molecule has 0 saturated heterocycles. The molecule has 58 valence electrons. The third-order valence-electron chi connectivity index (χ3n) is 2.16. The molecule has 1 aliphatic rings. The number of imidazole rings is 1. The molecular formula is C9H12N2. The molecule has 11 heavy (non-hydrogen) atoms.